The molecule has 0 bridgehead atoms. The van der Waals surface area contributed by atoms with E-state index in [9.17, 15) is 9.59 Å². The van der Waals surface area contributed by atoms with Crippen LogP contribution < -0.4 is 5.32 Å². The minimum absolute atomic E-state index is 0.00823. The predicted octanol–water partition coefficient (Wildman–Crippen LogP) is 3.80. The Morgan fingerprint density at radius 1 is 1.39 bits per heavy atom. The molecule has 1 N–H and O–H groups in total. The van der Waals surface area contributed by atoms with Gasteiger partial charge in [0.05, 0.1) is 24.3 Å². The van der Waals surface area contributed by atoms with Crippen LogP contribution in [0.5, 0.6) is 0 Å². The molecule has 8 heteroatoms. The van der Waals surface area contributed by atoms with Crippen LogP contribution in [0.2, 0.25) is 0 Å². The first kappa shape index (κ1) is 19.3. The Labute approximate surface area is 172 Å². The van der Waals surface area contributed by atoms with Crippen LogP contribution in [0.25, 0.3) is 0 Å². The van der Waals surface area contributed by atoms with Crippen molar-refractivity contribution in [1.82, 2.24) is 10.2 Å². The zero-order chi connectivity index (χ0) is 19.7. The molecule has 1 fully saturated rings. The molecule has 1 aliphatic carbocycles. The van der Waals surface area contributed by atoms with Crippen molar-refractivity contribution in [1.29, 1.82) is 0 Å². The molecule has 0 radical (unpaired) electrons. The van der Waals surface area contributed by atoms with E-state index in [1.54, 1.807) is 18.3 Å². The number of rotatable bonds is 7. The standard InChI is InChI=1S/C20H23N3O3S2/c1-3-26-19(25)17-12(2)22-20-23(18(17)15-5-4-8-27-15)14(11-28-20)9-16(24)21-10-13-6-7-13/h4-5,8,11,13,18H,3,6-7,9-10H2,1-2H3,(H,21,24)/t18-/m0/s1. The van der Waals surface area contributed by atoms with Crippen molar-refractivity contribution >= 4 is 40.1 Å². The van der Waals surface area contributed by atoms with E-state index in [1.165, 1.54) is 24.6 Å². The van der Waals surface area contributed by atoms with E-state index in [0.717, 1.165) is 22.3 Å². The molecule has 0 aromatic carbocycles. The molecule has 0 saturated heterocycles. The van der Waals surface area contributed by atoms with Crippen LogP contribution in [0.15, 0.2) is 44.9 Å². The molecule has 6 nitrogen and oxygen atoms in total. The van der Waals surface area contributed by atoms with E-state index in [2.05, 4.69) is 10.3 Å². The van der Waals surface area contributed by atoms with Gasteiger partial charge in [0.2, 0.25) is 5.91 Å². The summed E-state index contributed by atoms with van der Waals surface area (Å²) in [7, 11) is 0. The van der Waals surface area contributed by atoms with Crippen molar-refractivity contribution in [3.8, 4) is 0 Å². The number of fused-ring (bicyclic) bond motifs is 1. The lowest BCUT2D eigenvalue weighted by Crippen LogP contribution is -2.37. The topological polar surface area (TPSA) is 71.0 Å². The van der Waals surface area contributed by atoms with Gasteiger partial charge in [0.25, 0.3) is 0 Å². The van der Waals surface area contributed by atoms with Crippen LogP contribution in [0.3, 0.4) is 0 Å². The molecule has 148 valence electrons. The Hall–Kier alpha value is -2.06. The second kappa shape index (κ2) is 8.13. The van der Waals surface area contributed by atoms with Crippen molar-refractivity contribution in [2.75, 3.05) is 13.2 Å². The van der Waals surface area contributed by atoms with E-state index < -0.39 is 0 Å². The fraction of sp³-hybridized carbons (Fsp3) is 0.450. The van der Waals surface area contributed by atoms with Gasteiger partial charge in [-0.05, 0) is 49.5 Å². The van der Waals surface area contributed by atoms with Gasteiger partial charge in [-0.1, -0.05) is 17.8 Å². The van der Waals surface area contributed by atoms with Crippen LogP contribution in [-0.2, 0) is 14.3 Å². The quantitative estimate of drug-likeness (QED) is 0.683. The SMILES string of the molecule is CCOC(=O)C1=C(C)N=C2SC=C(CC(=O)NCC3CC3)N2[C@H]1c1cccs1. The van der Waals surface area contributed by atoms with Gasteiger partial charge in [-0.2, -0.15) is 0 Å². The monoisotopic (exact) mass is 417 g/mol. The minimum Gasteiger partial charge on any atom is -0.463 e. The number of allylic oxidation sites excluding steroid dienone is 1. The first-order valence-corrected chi connectivity index (χ1v) is 11.3. The highest BCUT2D eigenvalue weighted by molar-refractivity contribution is 8.16. The Morgan fingerprint density at radius 3 is 2.89 bits per heavy atom. The molecule has 0 unspecified atom stereocenters. The number of carbonyl (C=O) groups excluding carboxylic acids is 2. The summed E-state index contributed by atoms with van der Waals surface area (Å²) in [5.74, 6) is 0.299. The van der Waals surface area contributed by atoms with Crippen LogP contribution in [0, 0.1) is 5.92 Å². The zero-order valence-corrected chi connectivity index (χ0v) is 17.6. The summed E-state index contributed by atoms with van der Waals surface area (Å²) < 4.78 is 5.32. The molecule has 28 heavy (non-hydrogen) atoms. The van der Waals surface area contributed by atoms with E-state index in [0.29, 0.717) is 23.8 Å². The molecule has 3 heterocycles. The van der Waals surface area contributed by atoms with Gasteiger partial charge in [-0.25, -0.2) is 9.79 Å². The van der Waals surface area contributed by atoms with Crippen LogP contribution in [-0.4, -0.2) is 35.1 Å². The Balaban J connectivity index is 1.61. The van der Waals surface area contributed by atoms with Gasteiger partial charge in [0.1, 0.15) is 6.04 Å². The lowest BCUT2D eigenvalue weighted by molar-refractivity contribution is -0.139. The van der Waals surface area contributed by atoms with E-state index in [-0.39, 0.29) is 24.3 Å². The Kier molecular flexibility index (Phi) is 5.59. The molecule has 4 rings (SSSR count). The van der Waals surface area contributed by atoms with Gasteiger partial charge in [-0.15, -0.1) is 11.3 Å². The number of ether oxygens (including phenoxy) is 1. The summed E-state index contributed by atoms with van der Waals surface area (Å²) in [5, 5.41) is 7.79. The molecule has 3 aliphatic rings. The number of thioether (sulfide) groups is 1. The number of thiophene rings is 1. The molecule has 1 saturated carbocycles. The van der Waals surface area contributed by atoms with E-state index >= 15 is 0 Å². The average Bonchev–Trinajstić information content (AvgIpc) is 3.18. The number of nitrogens with one attached hydrogen (secondary N) is 1. The molecule has 2 aliphatic heterocycles. The van der Waals surface area contributed by atoms with Gasteiger partial charge >= 0.3 is 5.97 Å². The summed E-state index contributed by atoms with van der Waals surface area (Å²) >= 11 is 3.08. The summed E-state index contributed by atoms with van der Waals surface area (Å²) in [6.45, 7) is 4.71. The van der Waals surface area contributed by atoms with Gasteiger partial charge in [-0.3, -0.25) is 4.79 Å². The molecular weight excluding hydrogens is 394 g/mol. The number of nitrogens with zero attached hydrogens (tertiary/aromatic N) is 2. The number of hydrogen-bond donors (Lipinski definition) is 1. The van der Waals surface area contributed by atoms with Crippen molar-refractivity contribution < 1.29 is 14.3 Å². The largest absolute Gasteiger partial charge is 0.463 e. The normalized spacial score (nSPS) is 21.2. The summed E-state index contributed by atoms with van der Waals surface area (Å²) in [5.41, 5.74) is 2.08. The summed E-state index contributed by atoms with van der Waals surface area (Å²) in [6.07, 6.45) is 2.68. The number of carbonyl (C=O) groups is 2. The number of esters is 1. The molecule has 1 atom stereocenters. The van der Waals surface area contributed by atoms with Crippen molar-refractivity contribution in [2.45, 2.75) is 39.2 Å². The Morgan fingerprint density at radius 2 is 2.21 bits per heavy atom. The van der Waals surface area contributed by atoms with Crippen molar-refractivity contribution in [3.05, 3.63) is 44.8 Å². The van der Waals surface area contributed by atoms with Crippen molar-refractivity contribution in [3.63, 3.8) is 0 Å². The third-order valence-corrected chi connectivity index (χ3v) is 6.75. The molecular formula is C20H23N3O3S2. The lowest BCUT2D eigenvalue weighted by Gasteiger charge is -2.35. The maximum atomic E-state index is 12.7. The maximum Gasteiger partial charge on any atom is 0.338 e. The first-order valence-electron chi connectivity index (χ1n) is 9.50. The van der Waals surface area contributed by atoms with E-state index in [1.807, 2.05) is 34.7 Å². The second-order valence-corrected chi connectivity index (χ2v) is 8.87. The molecule has 1 aromatic heterocycles. The smallest absolute Gasteiger partial charge is 0.338 e. The second-order valence-electron chi connectivity index (χ2n) is 7.05. The highest BCUT2D eigenvalue weighted by Crippen LogP contribution is 2.45. The fourth-order valence-corrected chi connectivity index (χ4v) is 5.15. The van der Waals surface area contributed by atoms with Crippen LogP contribution in [0.1, 0.15) is 44.0 Å². The third kappa shape index (κ3) is 3.89. The van der Waals surface area contributed by atoms with Crippen molar-refractivity contribution in [2.24, 2.45) is 10.9 Å². The number of amidine groups is 1. The number of aliphatic imine (C=N–C) groups is 1. The van der Waals surface area contributed by atoms with Crippen LogP contribution in [0.4, 0.5) is 0 Å². The van der Waals surface area contributed by atoms with Gasteiger partial charge in [0.15, 0.2) is 5.17 Å². The summed E-state index contributed by atoms with van der Waals surface area (Å²) in [4.78, 5) is 32.9. The molecule has 1 aromatic rings. The fourth-order valence-electron chi connectivity index (χ4n) is 3.36. The predicted molar refractivity (Wildman–Crippen MR) is 112 cm³/mol. The highest BCUT2D eigenvalue weighted by Gasteiger charge is 2.41. The third-order valence-electron chi connectivity index (χ3n) is 4.94. The highest BCUT2D eigenvalue weighted by atomic mass is 32.2. The number of hydrogen-bond acceptors (Lipinski definition) is 7. The van der Waals surface area contributed by atoms with Crippen LogP contribution >= 0.6 is 23.1 Å². The minimum atomic E-state index is -0.351. The molecule has 1 amide bonds. The molecule has 0 spiro atoms. The zero-order valence-electron chi connectivity index (χ0n) is 15.9. The summed E-state index contributed by atoms with van der Waals surface area (Å²) in [6, 6.07) is 3.67. The average molecular weight is 418 g/mol. The van der Waals surface area contributed by atoms with Gasteiger partial charge < -0.3 is 15.0 Å². The van der Waals surface area contributed by atoms with E-state index in [4.69, 9.17) is 4.74 Å². The number of amides is 1. The maximum absolute atomic E-state index is 12.7. The van der Waals surface area contributed by atoms with Gasteiger partial charge in [0, 0.05) is 17.1 Å². The first-order chi connectivity index (χ1) is 13.6. The lowest BCUT2D eigenvalue weighted by atomic mass is 9.99. The Bertz CT molecular complexity index is 869.